The lowest BCUT2D eigenvalue weighted by atomic mass is 9.91. The average Bonchev–Trinajstić information content (AvgIpc) is 3.90. The molecule has 0 fully saturated rings. The molecule has 11 aromatic rings. The Kier molecular flexibility index (Phi) is 8.62. The average molecular weight is 817 g/mol. The molecule has 0 radical (unpaired) electrons. The molecule has 12 rings (SSSR count). The van der Waals surface area contributed by atoms with Crippen LogP contribution in [0.1, 0.15) is 29.7 Å². The van der Waals surface area contributed by atoms with Gasteiger partial charge in [-0.25, -0.2) is 0 Å². The van der Waals surface area contributed by atoms with E-state index in [1.54, 1.807) is 0 Å². The number of hydrogen-bond acceptors (Lipinski definition) is 4. The molecule has 0 saturated heterocycles. The van der Waals surface area contributed by atoms with Crippen LogP contribution in [0.3, 0.4) is 0 Å². The van der Waals surface area contributed by atoms with E-state index in [2.05, 4.69) is 223 Å². The first-order valence-electron chi connectivity index (χ1n) is 21.1. The molecule has 0 amide bonds. The molecule has 1 atom stereocenters. The van der Waals surface area contributed by atoms with E-state index in [9.17, 15) is 0 Å². The fourth-order valence-electron chi connectivity index (χ4n) is 9.48. The number of nitrogens with zero attached hydrogens (tertiary/aromatic N) is 2. The van der Waals surface area contributed by atoms with Crippen molar-refractivity contribution in [2.45, 2.75) is 19.3 Å². The molecule has 0 bridgehead atoms. The summed E-state index contributed by atoms with van der Waals surface area (Å²) in [7, 11) is 0. The minimum atomic E-state index is 0.531. The van der Waals surface area contributed by atoms with Gasteiger partial charge >= 0.3 is 0 Å². The molecule has 4 heteroatoms. The van der Waals surface area contributed by atoms with Gasteiger partial charge in [-0.2, -0.15) is 0 Å². The molecule has 0 aliphatic heterocycles. The van der Waals surface area contributed by atoms with Crippen LogP contribution in [0.4, 0.5) is 34.1 Å². The van der Waals surface area contributed by atoms with Crippen molar-refractivity contribution >= 4 is 115 Å². The Morgan fingerprint density at radius 3 is 1.59 bits per heavy atom. The standard InChI is InChI=1S/C57H40N2S2/c1-37-13-12-21-51-55-49-20-9-8-18-46(49)52-35-44(32-34-50(52)57(55)61-56(37)51)59(45-31-33-48-47-19-10-11-22-53(47)60-54(48)36-45)43-29-25-39(26-30-43)38-23-27-42(28-24-38)58(40-14-4-2-5-15-40)41-16-6-3-7-17-41/h2-12,14-37H,13H2,1H3. The molecule has 290 valence electrons. The Balaban J connectivity index is 0.980. The fraction of sp³-hybridized carbons (Fsp3) is 0.0526. The van der Waals surface area contributed by atoms with E-state index in [1.807, 2.05) is 22.7 Å². The lowest BCUT2D eigenvalue weighted by Gasteiger charge is -2.27. The highest BCUT2D eigenvalue weighted by Crippen LogP contribution is 2.49. The van der Waals surface area contributed by atoms with Gasteiger partial charge in [0.05, 0.1) is 0 Å². The Hall–Kier alpha value is -6.98. The molecule has 9 aromatic carbocycles. The predicted molar refractivity (Wildman–Crippen MR) is 267 cm³/mol. The zero-order chi connectivity index (χ0) is 40.4. The molecule has 1 aliphatic carbocycles. The van der Waals surface area contributed by atoms with Crippen LogP contribution in [0, 0.1) is 0 Å². The minimum absolute atomic E-state index is 0.531. The van der Waals surface area contributed by atoms with Crippen LogP contribution in [-0.4, -0.2) is 0 Å². The van der Waals surface area contributed by atoms with Gasteiger partial charge in [-0.15, -0.1) is 22.7 Å². The van der Waals surface area contributed by atoms with Gasteiger partial charge in [0.15, 0.2) is 0 Å². The first kappa shape index (κ1) is 35.9. The van der Waals surface area contributed by atoms with E-state index >= 15 is 0 Å². The molecule has 1 aliphatic rings. The highest BCUT2D eigenvalue weighted by Gasteiger charge is 2.23. The van der Waals surface area contributed by atoms with Crippen molar-refractivity contribution in [3.63, 3.8) is 0 Å². The SMILES string of the molecule is CC1CC=Cc2c1sc1c3ccc(N(c4ccc(-c5ccc(N(c6ccccc6)c6ccccc6)cc5)cc4)c4ccc5c(c4)sc4ccccc45)cc3c3ccccc3c21. The smallest absolute Gasteiger partial charge is 0.0476 e. The zero-order valence-corrected chi connectivity index (χ0v) is 35.3. The first-order chi connectivity index (χ1) is 30.2. The lowest BCUT2D eigenvalue weighted by Crippen LogP contribution is -2.10. The van der Waals surface area contributed by atoms with Gasteiger partial charge in [-0.3, -0.25) is 0 Å². The maximum Gasteiger partial charge on any atom is 0.0476 e. The lowest BCUT2D eigenvalue weighted by molar-refractivity contribution is 0.791. The molecular formula is C57H40N2S2. The summed E-state index contributed by atoms with van der Waals surface area (Å²) in [6.07, 6.45) is 5.83. The van der Waals surface area contributed by atoms with Crippen LogP contribution in [0.2, 0.25) is 0 Å². The van der Waals surface area contributed by atoms with Crippen molar-refractivity contribution in [2.24, 2.45) is 0 Å². The summed E-state index contributed by atoms with van der Waals surface area (Å²) < 4.78 is 4.00. The van der Waals surface area contributed by atoms with Crippen LogP contribution in [0.15, 0.2) is 200 Å². The van der Waals surface area contributed by atoms with E-state index in [1.165, 1.54) is 73.4 Å². The molecule has 2 heterocycles. The number of rotatable bonds is 7. The quantitative estimate of drug-likeness (QED) is 0.148. The number of fused-ring (bicyclic) bond motifs is 11. The van der Waals surface area contributed by atoms with E-state index in [-0.39, 0.29) is 0 Å². The second-order valence-corrected chi connectivity index (χ2v) is 18.2. The van der Waals surface area contributed by atoms with Crippen LogP contribution < -0.4 is 9.80 Å². The van der Waals surface area contributed by atoms with Crippen LogP contribution >= 0.6 is 22.7 Å². The summed E-state index contributed by atoms with van der Waals surface area (Å²) in [5.74, 6) is 0.531. The number of thiophene rings is 2. The topological polar surface area (TPSA) is 6.48 Å². The van der Waals surface area contributed by atoms with Crippen molar-refractivity contribution in [1.29, 1.82) is 0 Å². The molecular weight excluding hydrogens is 777 g/mol. The highest BCUT2D eigenvalue weighted by atomic mass is 32.1. The number of anilines is 6. The predicted octanol–water partition coefficient (Wildman–Crippen LogP) is 17.7. The third kappa shape index (κ3) is 6.05. The monoisotopic (exact) mass is 816 g/mol. The summed E-state index contributed by atoms with van der Waals surface area (Å²) in [6, 6.07) is 71.1. The number of benzene rings is 9. The summed E-state index contributed by atoms with van der Waals surface area (Å²) in [4.78, 5) is 6.26. The molecule has 2 aromatic heterocycles. The number of para-hydroxylation sites is 2. The molecule has 61 heavy (non-hydrogen) atoms. The van der Waals surface area contributed by atoms with E-state index in [0.29, 0.717) is 5.92 Å². The van der Waals surface area contributed by atoms with Gasteiger partial charge in [0.2, 0.25) is 0 Å². The van der Waals surface area contributed by atoms with Gasteiger partial charge in [-0.1, -0.05) is 134 Å². The molecule has 0 N–H and O–H groups in total. The van der Waals surface area contributed by atoms with E-state index < -0.39 is 0 Å². The Morgan fingerprint density at radius 2 is 0.918 bits per heavy atom. The Labute approximate surface area is 363 Å². The molecule has 0 saturated carbocycles. The maximum absolute atomic E-state index is 2.44. The zero-order valence-electron chi connectivity index (χ0n) is 33.6. The van der Waals surface area contributed by atoms with E-state index in [4.69, 9.17) is 0 Å². The van der Waals surface area contributed by atoms with Gasteiger partial charge in [0, 0.05) is 74.6 Å². The third-order valence-corrected chi connectivity index (χ3v) is 15.0. The Morgan fingerprint density at radius 1 is 0.410 bits per heavy atom. The van der Waals surface area contributed by atoms with Crippen LogP contribution in [0.25, 0.3) is 69.0 Å². The third-order valence-electron chi connectivity index (χ3n) is 12.4. The van der Waals surface area contributed by atoms with E-state index in [0.717, 1.165) is 40.5 Å². The maximum atomic E-state index is 2.44. The first-order valence-corrected chi connectivity index (χ1v) is 22.7. The van der Waals surface area contributed by atoms with Gasteiger partial charge in [-0.05, 0) is 124 Å². The molecule has 1 unspecified atom stereocenters. The van der Waals surface area contributed by atoms with Crippen LogP contribution in [-0.2, 0) is 0 Å². The van der Waals surface area contributed by atoms with Crippen molar-refractivity contribution < 1.29 is 0 Å². The van der Waals surface area contributed by atoms with Gasteiger partial charge in [0.1, 0.15) is 0 Å². The number of allylic oxidation sites excluding steroid dienone is 1. The van der Waals surface area contributed by atoms with Crippen LogP contribution in [0.5, 0.6) is 0 Å². The fourth-order valence-corrected chi connectivity index (χ4v) is 12.0. The highest BCUT2D eigenvalue weighted by molar-refractivity contribution is 7.25. The largest absolute Gasteiger partial charge is 0.311 e. The summed E-state index contributed by atoms with van der Waals surface area (Å²) in [5, 5.41) is 9.28. The van der Waals surface area contributed by atoms with Crippen molar-refractivity contribution in [2.75, 3.05) is 9.80 Å². The second-order valence-electron chi connectivity index (χ2n) is 16.1. The van der Waals surface area contributed by atoms with Crippen molar-refractivity contribution in [3.8, 4) is 11.1 Å². The van der Waals surface area contributed by atoms with Crippen molar-refractivity contribution in [3.05, 3.63) is 211 Å². The van der Waals surface area contributed by atoms with Gasteiger partial charge in [0.25, 0.3) is 0 Å². The van der Waals surface area contributed by atoms with Crippen molar-refractivity contribution in [1.82, 2.24) is 0 Å². The normalized spacial score (nSPS) is 13.7. The minimum Gasteiger partial charge on any atom is -0.311 e. The molecule has 2 nitrogen and oxygen atoms in total. The summed E-state index contributed by atoms with van der Waals surface area (Å²) >= 11 is 3.86. The Bertz CT molecular complexity index is 3410. The number of hydrogen-bond donors (Lipinski definition) is 0. The van der Waals surface area contributed by atoms with Gasteiger partial charge < -0.3 is 9.80 Å². The summed E-state index contributed by atoms with van der Waals surface area (Å²) in [5.41, 5.74) is 10.6. The molecule has 0 spiro atoms. The summed E-state index contributed by atoms with van der Waals surface area (Å²) in [6.45, 7) is 2.37. The second kappa shape index (κ2) is 14.6.